The molecule has 4 aromatic rings. The van der Waals surface area contributed by atoms with Crippen LogP contribution in [0.15, 0.2) is 97.1 Å². The minimum absolute atomic E-state index is 0.0166. The summed E-state index contributed by atoms with van der Waals surface area (Å²) < 4.78 is 0. The molecule has 2 heteroatoms. The quantitative estimate of drug-likeness (QED) is 0.0781. The highest BCUT2D eigenvalue weighted by atomic mass is 14.5. The summed E-state index contributed by atoms with van der Waals surface area (Å²) >= 11 is 0. The van der Waals surface area contributed by atoms with Crippen LogP contribution >= 0.6 is 0 Å². The highest BCUT2D eigenvalue weighted by molar-refractivity contribution is 5.44. The van der Waals surface area contributed by atoms with Gasteiger partial charge in [0.2, 0.25) is 0 Å². The molecule has 0 fully saturated rings. The van der Waals surface area contributed by atoms with Crippen LogP contribution in [0.3, 0.4) is 0 Å². The highest BCUT2D eigenvalue weighted by Gasteiger charge is 2.28. The molecule has 4 aromatic carbocycles. The second-order valence-electron chi connectivity index (χ2n) is 13.6. The average Bonchev–Trinajstić information content (AvgIpc) is 3.06. The van der Waals surface area contributed by atoms with Crippen molar-refractivity contribution in [2.45, 2.75) is 122 Å². The molecular formula is C43H58N2. The normalized spacial score (nSPS) is 11.6. The van der Waals surface area contributed by atoms with Crippen molar-refractivity contribution in [3.05, 3.63) is 130 Å². The van der Waals surface area contributed by atoms with E-state index in [2.05, 4.69) is 86.6 Å². The fourth-order valence-corrected chi connectivity index (χ4v) is 6.67. The summed E-state index contributed by atoms with van der Waals surface area (Å²) in [6.07, 6.45) is 21.0. The molecule has 240 valence electrons. The number of benzene rings is 4. The van der Waals surface area contributed by atoms with Crippen LogP contribution in [0.1, 0.15) is 137 Å². The van der Waals surface area contributed by atoms with Crippen LogP contribution in [0.4, 0.5) is 11.4 Å². The summed E-state index contributed by atoms with van der Waals surface area (Å²) in [5.74, 6) is 0. The molecule has 4 rings (SSSR count). The Balaban J connectivity index is 1.34. The third-order valence-corrected chi connectivity index (χ3v) is 9.74. The molecule has 2 nitrogen and oxygen atoms in total. The van der Waals surface area contributed by atoms with Crippen molar-refractivity contribution in [2.24, 2.45) is 0 Å². The van der Waals surface area contributed by atoms with Crippen molar-refractivity contribution in [3.8, 4) is 0 Å². The van der Waals surface area contributed by atoms with Crippen LogP contribution in [0.25, 0.3) is 0 Å². The Labute approximate surface area is 274 Å². The topological polar surface area (TPSA) is 52.0 Å². The Morgan fingerprint density at radius 1 is 0.400 bits per heavy atom. The summed E-state index contributed by atoms with van der Waals surface area (Å²) in [6, 6.07) is 35.3. The lowest BCUT2D eigenvalue weighted by Crippen LogP contribution is -2.24. The van der Waals surface area contributed by atoms with Gasteiger partial charge in [-0.25, -0.2) is 0 Å². The Hall–Kier alpha value is -3.52. The lowest BCUT2D eigenvalue weighted by molar-refractivity contribution is 0.468. The van der Waals surface area contributed by atoms with Gasteiger partial charge in [0.05, 0.1) is 0 Å². The monoisotopic (exact) mass is 602 g/mol. The van der Waals surface area contributed by atoms with Gasteiger partial charge in [-0.3, -0.25) is 0 Å². The van der Waals surface area contributed by atoms with Gasteiger partial charge in [0.25, 0.3) is 0 Å². The average molecular weight is 603 g/mol. The van der Waals surface area contributed by atoms with Gasteiger partial charge in [0, 0.05) is 16.8 Å². The SMILES string of the molecule is CCCCCCCCCCCCCCCC(C)(c1ccc(Cc2ccc(N)cc2)cc1)c1ccc(Cc2ccc(N)cc2)cc1. The summed E-state index contributed by atoms with van der Waals surface area (Å²) in [4.78, 5) is 0. The van der Waals surface area contributed by atoms with E-state index in [-0.39, 0.29) is 5.41 Å². The van der Waals surface area contributed by atoms with Gasteiger partial charge in [0.15, 0.2) is 0 Å². The van der Waals surface area contributed by atoms with Gasteiger partial charge in [-0.05, 0) is 76.9 Å². The van der Waals surface area contributed by atoms with Crippen molar-refractivity contribution < 1.29 is 0 Å². The predicted octanol–water partition coefficient (Wildman–Crippen LogP) is 11.8. The van der Waals surface area contributed by atoms with Crippen LogP contribution in [-0.4, -0.2) is 0 Å². The van der Waals surface area contributed by atoms with E-state index in [1.807, 2.05) is 24.3 Å². The van der Waals surface area contributed by atoms with Gasteiger partial charge in [-0.15, -0.1) is 0 Å². The van der Waals surface area contributed by atoms with E-state index in [9.17, 15) is 0 Å². The number of rotatable bonds is 20. The lowest BCUT2D eigenvalue weighted by atomic mass is 9.72. The molecule has 0 aliphatic carbocycles. The zero-order valence-corrected chi connectivity index (χ0v) is 28.2. The fourth-order valence-electron chi connectivity index (χ4n) is 6.67. The number of hydrogen-bond acceptors (Lipinski definition) is 2. The molecule has 0 radical (unpaired) electrons. The standard InChI is InChI=1S/C43H58N2/c1-3-4-5-6-7-8-9-10-11-12-13-14-15-32-43(2,39-24-16-35(17-25-39)33-37-20-28-41(44)29-21-37)40-26-18-36(19-27-40)34-38-22-30-42(45)31-23-38/h16-31H,3-15,32-34,44-45H2,1-2H3. The molecule has 0 heterocycles. The first-order valence-electron chi connectivity index (χ1n) is 17.8. The summed E-state index contributed by atoms with van der Waals surface area (Å²) in [6.45, 7) is 4.75. The van der Waals surface area contributed by atoms with E-state index in [1.54, 1.807) is 0 Å². The first-order valence-corrected chi connectivity index (χ1v) is 17.8. The van der Waals surface area contributed by atoms with E-state index in [1.165, 1.54) is 123 Å². The minimum atomic E-state index is -0.0166. The Morgan fingerprint density at radius 3 is 1.02 bits per heavy atom. The van der Waals surface area contributed by atoms with Crippen LogP contribution in [0.2, 0.25) is 0 Å². The van der Waals surface area contributed by atoms with E-state index < -0.39 is 0 Å². The van der Waals surface area contributed by atoms with E-state index in [4.69, 9.17) is 11.5 Å². The maximum atomic E-state index is 5.90. The van der Waals surface area contributed by atoms with E-state index in [0.29, 0.717) is 0 Å². The molecular weight excluding hydrogens is 544 g/mol. The third kappa shape index (κ3) is 11.4. The first kappa shape index (κ1) is 34.4. The Kier molecular flexibility index (Phi) is 14.1. The third-order valence-electron chi connectivity index (χ3n) is 9.74. The number of nitrogens with two attached hydrogens (primary N) is 2. The number of nitrogen functional groups attached to an aromatic ring is 2. The van der Waals surface area contributed by atoms with Crippen molar-refractivity contribution in [1.29, 1.82) is 0 Å². The van der Waals surface area contributed by atoms with Crippen LogP contribution < -0.4 is 11.5 Å². The molecule has 0 unspecified atom stereocenters. The van der Waals surface area contributed by atoms with Crippen molar-refractivity contribution in [3.63, 3.8) is 0 Å². The molecule has 0 saturated carbocycles. The van der Waals surface area contributed by atoms with E-state index in [0.717, 1.165) is 24.2 Å². The molecule has 45 heavy (non-hydrogen) atoms. The zero-order chi connectivity index (χ0) is 31.7. The second-order valence-corrected chi connectivity index (χ2v) is 13.6. The number of anilines is 2. The molecule has 0 saturated heterocycles. The van der Waals surface area contributed by atoms with E-state index >= 15 is 0 Å². The maximum absolute atomic E-state index is 5.90. The summed E-state index contributed by atoms with van der Waals surface area (Å²) in [5, 5.41) is 0. The molecule has 4 N–H and O–H groups in total. The molecule has 0 aliphatic rings. The van der Waals surface area contributed by atoms with Gasteiger partial charge >= 0.3 is 0 Å². The smallest absolute Gasteiger partial charge is 0.0314 e. The van der Waals surface area contributed by atoms with Crippen LogP contribution in [0, 0.1) is 0 Å². The fraction of sp³-hybridized carbons (Fsp3) is 0.442. The predicted molar refractivity (Wildman–Crippen MR) is 197 cm³/mol. The molecule has 0 bridgehead atoms. The van der Waals surface area contributed by atoms with Gasteiger partial charge < -0.3 is 11.5 Å². The molecule has 0 aliphatic heterocycles. The first-order chi connectivity index (χ1) is 22.0. The Bertz CT molecular complexity index is 1260. The molecule has 0 amide bonds. The molecule has 0 aromatic heterocycles. The Morgan fingerprint density at radius 2 is 0.689 bits per heavy atom. The molecule has 0 atom stereocenters. The van der Waals surface area contributed by atoms with Crippen LogP contribution in [-0.2, 0) is 18.3 Å². The maximum Gasteiger partial charge on any atom is 0.0314 e. The minimum Gasteiger partial charge on any atom is -0.399 e. The van der Waals surface area contributed by atoms with Crippen LogP contribution in [0.5, 0.6) is 0 Å². The highest BCUT2D eigenvalue weighted by Crippen LogP contribution is 2.38. The molecule has 0 spiro atoms. The zero-order valence-electron chi connectivity index (χ0n) is 28.2. The summed E-state index contributed by atoms with van der Waals surface area (Å²) in [7, 11) is 0. The second kappa shape index (κ2) is 18.4. The lowest BCUT2D eigenvalue weighted by Gasteiger charge is -2.32. The van der Waals surface area contributed by atoms with Gasteiger partial charge in [0.1, 0.15) is 0 Å². The number of unbranched alkanes of at least 4 members (excludes halogenated alkanes) is 12. The summed E-state index contributed by atoms with van der Waals surface area (Å²) in [5.41, 5.74) is 21.5. The van der Waals surface area contributed by atoms with Crippen molar-refractivity contribution in [2.75, 3.05) is 11.5 Å². The van der Waals surface area contributed by atoms with Gasteiger partial charge in [-0.1, -0.05) is 170 Å². The van der Waals surface area contributed by atoms with Crippen molar-refractivity contribution >= 4 is 11.4 Å². The van der Waals surface area contributed by atoms with Gasteiger partial charge in [-0.2, -0.15) is 0 Å². The number of hydrogen-bond donors (Lipinski definition) is 2. The largest absolute Gasteiger partial charge is 0.399 e. The van der Waals surface area contributed by atoms with Crippen molar-refractivity contribution in [1.82, 2.24) is 0 Å².